The van der Waals surface area contributed by atoms with E-state index in [1.165, 1.54) is 11.3 Å². The number of aryl methyl sites for hydroxylation is 3. The highest BCUT2D eigenvalue weighted by Crippen LogP contribution is 2.27. The molecule has 1 N–H and O–H groups in total. The van der Waals surface area contributed by atoms with Crippen molar-refractivity contribution in [3.8, 4) is 0 Å². The first kappa shape index (κ1) is 15.4. The van der Waals surface area contributed by atoms with Crippen molar-refractivity contribution < 1.29 is 0 Å². The lowest BCUT2D eigenvalue weighted by molar-refractivity contribution is 0.632. The maximum absolute atomic E-state index is 4.60. The van der Waals surface area contributed by atoms with Crippen molar-refractivity contribution in [2.45, 2.75) is 47.2 Å². The number of pyridine rings is 1. The summed E-state index contributed by atoms with van der Waals surface area (Å²) >= 11 is 0. The first-order chi connectivity index (χ1) is 11.0. The topological polar surface area (TPSA) is 68.5 Å². The Morgan fingerprint density at radius 3 is 2.70 bits per heavy atom. The van der Waals surface area contributed by atoms with Gasteiger partial charge in [-0.15, -0.1) is 0 Å². The summed E-state index contributed by atoms with van der Waals surface area (Å²) in [4.78, 5) is 13.3. The zero-order valence-corrected chi connectivity index (χ0v) is 14.3. The maximum atomic E-state index is 4.60. The minimum atomic E-state index is 0.105. The van der Waals surface area contributed by atoms with Crippen LogP contribution >= 0.6 is 0 Å². The molecule has 0 amide bonds. The van der Waals surface area contributed by atoms with Gasteiger partial charge in [-0.2, -0.15) is 5.10 Å². The second kappa shape index (κ2) is 5.95. The quantitative estimate of drug-likeness (QED) is 0.800. The zero-order chi connectivity index (χ0) is 16.6. The van der Waals surface area contributed by atoms with Gasteiger partial charge in [-0.3, -0.25) is 4.68 Å². The molecule has 23 heavy (non-hydrogen) atoms. The summed E-state index contributed by atoms with van der Waals surface area (Å²) in [6, 6.07) is 4.00. The molecule has 120 valence electrons. The molecular weight excluding hydrogens is 288 g/mol. The van der Waals surface area contributed by atoms with Gasteiger partial charge in [0, 0.05) is 24.0 Å². The molecule has 0 aliphatic heterocycles. The predicted octanol–water partition coefficient (Wildman–Crippen LogP) is 3.34. The summed E-state index contributed by atoms with van der Waals surface area (Å²) in [7, 11) is 0. The predicted molar refractivity (Wildman–Crippen MR) is 91.5 cm³/mol. The normalized spacial score (nSPS) is 12.6. The summed E-state index contributed by atoms with van der Waals surface area (Å²) in [6.07, 6.45) is 1.75. The Bertz CT molecular complexity index is 852. The molecular formula is C17H22N6. The van der Waals surface area contributed by atoms with Gasteiger partial charge in [-0.05, 0) is 46.8 Å². The van der Waals surface area contributed by atoms with Crippen molar-refractivity contribution in [2.75, 3.05) is 5.32 Å². The van der Waals surface area contributed by atoms with Gasteiger partial charge in [0.2, 0.25) is 0 Å². The van der Waals surface area contributed by atoms with Crippen LogP contribution in [-0.4, -0.2) is 24.7 Å². The van der Waals surface area contributed by atoms with Gasteiger partial charge in [0.05, 0.1) is 17.1 Å². The fraction of sp³-hybridized carbons (Fsp3) is 0.412. The fourth-order valence-electron chi connectivity index (χ4n) is 3.10. The lowest BCUT2D eigenvalue weighted by Crippen LogP contribution is -2.11. The second-order valence-corrected chi connectivity index (χ2v) is 5.76. The van der Waals surface area contributed by atoms with E-state index >= 15 is 0 Å². The van der Waals surface area contributed by atoms with E-state index in [2.05, 4.69) is 53.1 Å². The van der Waals surface area contributed by atoms with Crippen molar-refractivity contribution in [1.82, 2.24) is 24.7 Å². The standard InChI is InChI=1S/C17H22N6/c1-6-23-12(4)15(11(3)22-23)10(2)19-17-14-8-7-9-18-16(14)20-13(5)21-17/h7-10H,6H2,1-5H3,(H,18,19,20,21). The summed E-state index contributed by atoms with van der Waals surface area (Å²) < 4.78 is 2.04. The summed E-state index contributed by atoms with van der Waals surface area (Å²) in [5.41, 5.74) is 4.18. The van der Waals surface area contributed by atoms with Crippen LogP contribution in [0.3, 0.4) is 0 Å². The number of fused-ring (bicyclic) bond motifs is 1. The van der Waals surface area contributed by atoms with E-state index < -0.39 is 0 Å². The molecule has 3 aromatic rings. The minimum Gasteiger partial charge on any atom is -0.363 e. The smallest absolute Gasteiger partial charge is 0.164 e. The van der Waals surface area contributed by atoms with Gasteiger partial charge >= 0.3 is 0 Å². The monoisotopic (exact) mass is 310 g/mol. The van der Waals surface area contributed by atoms with Gasteiger partial charge < -0.3 is 5.32 Å². The number of rotatable bonds is 4. The number of hydrogen-bond acceptors (Lipinski definition) is 5. The van der Waals surface area contributed by atoms with E-state index in [4.69, 9.17) is 0 Å². The maximum Gasteiger partial charge on any atom is 0.164 e. The molecule has 0 aliphatic carbocycles. The Morgan fingerprint density at radius 1 is 1.22 bits per heavy atom. The molecule has 6 heteroatoms. The molecule has 0 fully saturated rings. The van der Waals surface area contributed by atoms with E-state index in [0.717, 1.165) is 23.4 Å². The summed E-state index contributed by atoms with van der Waals surface area (Å²) in [6.45, 7) is 11.2. The van der Waals surface area contributed by atoms with Gasteiger partial charge in [0.25, 0.3) is 0 Å². The van der Waals surface area contributed by atoms with Gasteiger partial charge in [-0.25, -0.2) is 15.0 Å². The number of hydrogen-bond donors (Lipinski definition) is 1. The highest BCUT2D eigenvalue weighted by molar-refractivity contribution is 5.86. The molecule has 3 rings (SSSR count). The van der Waals surface area contributed by atoms with Crippen molar-refractivity contribution in [1.29, 1.82) is 0 Å². The molecule has 0 radical (unpaired) electrons. The molecule has 0 saturated heterocycles. The Balaban J connectivity index is 2.01. The van der Waals surface area contributed by atoms with Crippen LogP contribution in [0.15, 0.2) is 18.3 Å². The van der Waals surface area contributed by atoms with E-state index in [0.29, 0.717) is 11.5 Å². The average Bonchev–Trinajstić information content (AvgIpc) is 2.81. The van der Waals surface area contributed by atoms with Crippen LogP contribution in [-0.2, 0) is 6.54 Å². The van der Waals surface area contributed by atoms with Crippen molar-refractivity contribution in [2.24, 2.45) is 0 Å². The fourth-order valence-corrected chi connectivity index (χ4v) is 3.10. The molecule has 1 unspecified atom stereocenters. The van der Waals surface area contributed by atoms with Gasteiger partial charge in [0.15, 0.2) is 5.65 Å². The Labute approximate surface area is 136 Å². The Hall–Kier alpha value is -2.50. The van der Waals surface area contributed by atoms with Crippen LogP contribution in [0.2, 0.25) is 0 Å². The molecule has 0 spiro atoms. The number of anilines is 1. The lowest BCUT2D eigenvalue weighted by atomic mass is 10.1. The van der Waals surface area contributed by atoms with Crippen molar-refractivity contribution in [3.63, 3.8) is 0 Å². The van der Waals surface area contributed by atoms with Crippen molar-refractivity contribution >= 4 is 16.9 Å². The van der Waals surface area contributed by atoms with Crippen LogP contribution in [0.4, 0.5) is 5.82 Å². The molecule has 3 heterocycles. The van der Waals surface area contributed by atoms with E-state index in [-0.39, 0.29) is 6.04 Å². The third kappa shape index (κ3) is 2.76. The number of aromatic nitrogens is 5. The number of nitrogens with one attached hydrogen (secondary N) is 1. The molecule has 0 aliphatic rings. The highest BCUT2D eigenvalue weighted by Gasteiger charge is 2.18. The van der Waals surface area contributed by atoms with Gasteiger partial charge in [0.1, 0.15) is 11.6 Å². The first-order valence-electron chi connectivity index (χ1n) is 7.91. The second-order valence-electron chi connectivity index (χ2n) is 5.76. The largest absolute Gasteiger partial charge is 0.363 e. The van der Waals surface area contributed by atoms with Crippen LogP contribution in [0.25, 0.3) is 11.0 Å². The van der Waals surface area contributed by atoms with Crippen LogP contribution < -0.4 is 5.32 Å². The molecule has 0 bridgehead atoms. The van der Waals surface area contributed by atoms with Crippen molar-refractivity contribution in [3.05, 3.63) is 41.1 Å². The number of nitrogens with zero attached hydrogens (tertiary/aromatic N) is 5. The van der Waals surface area contributed by atoms with Gasteiger partial charge in [-0.1, -0.05) is 0 Å². The van der Waals surface area contributed by atoms with E-state index in [9.17, 15) is 0 Å². The summed E-state index contributed by atoms with van der Waals surface area (Å²) in [5.74, 6) is 1.53. The molecule has 6 nitrogen and oxygen atoms in total. The molecule has 0 aromatic carbocycles. The Kier molecular flexibility index (Phi) is 3.98. The Morgan fingerprint density at radius 2 is 2.00 bits per heavy atom. The van der Waals surface area contributed by atoms with Crippen LogP contribution in [0.1, 0.15) is 42.7 Å². The molecule has 1 atom stereocenters. The lowest BCUT2D eigenvalue weighted by Gasteiger charge is -2.17. The highest BCUT2D eigenvalue weighted by atomic mass is 15.3. The molecule has 0 saturated carbocycles. The molecule has 3 aromatic heterocycles. The van der Waals surface area contributed by atoms with E-state index in [1.54, 1.807) is 6.20 Å². The van der Waals surface area contributed by atoms with Crippen LogP contribution in [0.5, 0.6) is 0 Å². The van der Waals surface area contributed by atoms with E-state index in [1.807, 2.05) is 23.7 Å². The minimum absolute atomic E-state index is 0.105. The summed E-state index contributed by atoms with van der Waals surface area (Å²) in [5, 5.41) is 9.05. The SMILES string of the molecule is CCn1nc(C)c(C(C)Nc2nc(C)nc3ncccc23)c1C. The average molecular weight is 310 g/mol. The zero-order valence-electron chi connectivity index (χ0n) is 14.3. The third-order valence-electron chi connectivity index (χ3n) is 4.11. The first-order valence-corrected chi connectivity index (χ1v) is 7.91. The third-order valence-corrected chi connectivity index (χ3v) is 4.11. The van der Waals surface area contributed by atoms with Crippen LogP contribution in [0, 0.1) is 20.8 Å².